The van der Waals surface area contributed by atoms with Gasteiger partial charge in [-0.1, -0.05) is 55.9 Å². The number of carbonyl (C=O) groups is 1. The third-order valence-electron chi connectivity index (χ3n) is 5.96. The van der Waals surface area contributed by atoms with Gasteiger partial charge < -0.3 is 14.0 Å². The Hall–Kier alpha value is -3.08. The summed E-state index contributed by atoms with van der Waals surface area (Å²) in [4.78, 5) is 20.9. The molecule has 38 heavy (non-hydrogen) atoms. The molecule has 10 nitrogen and oxygen atoms in total. The molecule has 0 amide bonds. The molecule has 0 aliphatic carbocycles. The van der Waals surface area contributed by atoms with Crippen LogP contribution in [0.3, 0.4) is 0 Å². The first-order valence-electron chi connectivity index (χ1n) is 12.3. The number of carbonyl (C=O) groups excluding carboxylic acids is 1. The fraction of sp³-hybridized carbons (Fsp3) is 0.423. The Morgan fingerprint density at radius 2 is 1.95 bits per heavy atom. The Morgan fingerprint density at radius 1 is 1.21 bits per heavy atom. The van der Waals surface area contributed by atoms with Crippen molar-refractivity contribution in [2.75, 3.05) is 6.61 Å². The third-order valence-corrected chi connectivity index (χ3v) is 7.30. The van der Waals surface area contributed by atoms with E-state index in [4.69, 9.17) is 18.8 Å². The molecule has 0 bridgehead atoms. The van der Waals surface area contributed by atoms with E-state index in [0.29, 0.717) is 12.1 Å². The minimum atomic E-state index is -4.19. The Balaban J connectivity index is 1.72. The van der Waals surface area contributed by atoms with Gasteiger partial charge in [0.2, 0.25) is 0 Å². The molecule has 2 aromatic heterocycles. The van der Waals surface area contributed by atoms with Gasteiger partial charge >= 0.3 is 16.3 Å². The van der Waals surface area contributed by atoms with E-state index >= 15 is 0 Å². The minimum Gasteiger partial charge on any atom is -0.460 e. The molecule has 1 aromatic carbocycles. The topological polar surface area (TPSA) is 136 Å². The summed E-state index contributed by atoms with van der Waals surface area (Å²) in [6.07, 6.45) is 3.01. The molecular weight excluding hydrogens is 524 g/mol. The van der Waals surface area contributed by atoms with E-state index in [2.05, 4.69) is 53.2 Å². The molecule has 1 aliphatic heterocycles. The van der Waals surface area contributed by atoms with Crippen LogP contribution in [0.4, 0.5) is 0 Å². The molecule has 1 fully saturated rings. The molecule has 12 heteroatoms. The Bertz CT molecular complexity index is 1470. The van der Waals surface area contributed by atoms with Crippen molar-refractivity contribution in [3.05, 3.63) is 59.7 Å². The van der Waals surface area contributed by atoms with Crippen molar-refractivity contribution < 1.29 is 26.9 Å². The van der Waals surface area contributed by atoms with Crippen LogP contribution < -0.4 is 5.14 Å². The lowest BCUT2D eigenvalue weighted by Crippen LogP contribution is -2.32. The average molecular weight is 557 g/mol. The third kappa shape index (κ3) is 7.27. The first-order valence-corrected chi connectivity index (χ1v) is 17.3. The predicted molar refractivity (Wildman–Crippen MR) is 145 cm³/mol. The van der Waals surface area contributed by atoms with Gasteiger partial charge in [0.1, 0.15) is 38.5 Å². The van der Waals surface area contributed by atoms with Crippen LogP contribution in [0.25, 0.3) is 11.0 Å². The number of esters is 1. The Kier molecular flexibility index (Phi) is 8.34. The summed E-state index contributed by atoms with van der Waals surface area (Å²) in [6.45, 7) is 7.42. The zero-order valence-electron chi connectivity index (χ0n) is 21.9. The van der Waals surface area contributed by atoms with E-state index in [0.717, 1.165) is 23.1 Å². The van der Waals surface area contributed by atoms with Gasteiger partial charge in [-0.25, -0.2) is 15.1 Å². The van der Waals surface area contributed by atoms with Crippen LogP contribution >= 0.6 is 0 Å². The van der Waals surface area contributed by atoms with E-state index < -0.39 is 42.8 Å². The summed E-state index contributed by atoms with van der Waals surface area (Å²) in [5, 5.41) is 5.84. The van der Waals surface area contributed by atoms with Gasteiger partial charge in [-0.15, -0.1) is 5.54 Å². The first-order chi connectivity index (χ1) is 17.9. The number of benzene rings is 1. The SMILES string of the molecule is CC(=O)O[C@H]1C[C@H](n2cc(C#C[Si](C)(C)C)c3c(CCc4ccccc4)ncnc32)O[C@@H]1COS(N)(=O)=O. The molecule has 0 radical (unpaired) electrons. The second-order valence-electron chi connectivity index (χ2n) is 10.2. The predicted octanol–water partition coefficient (Wildman–Crippen LogP) is 2.88. The normalized spacial score (nSPS) is 19.8. The molecular formula is C26H32N4O6SSi. The number of nitrogens with two attached hydrogens (primary N) is 1. The minimum absolute atomic E-state index is 0.270. The maximum absolute atomic E-state index is 11.7. The van der Waals surface area contributed by atoms with Gasteiger partial charge in [-0.05, 0) is 18.4 Å². The fourth-order valence-corrected chi connectivity index (χ4v) is 5.17. The molecule has 0 unspecified atom stereocenters. The number of ether oxygens (including phenoxy) is 2. The van der Waals surface area contributed by atoms with Gasteiger partial charge in [0.05, 0.1) is 23.3 Å². The molecule has 3 heterocycles. The van der Waals surface area contributed by atoms with Crippen molar-refractivity contribution >= 4 is 35.4 Å². The van der Waals surface area contributed by atoms with Crippen LogP contribution in [0.15, 0.2) is 42.9 Å². The van der Waals surface area contributed by atoms with Crippen LogP contribution in [0.1, 0.15) is 36.4 Å². The molecule has 0 saturated carbocycles. The lowest BCUT2D eigenvalue weighted by Gasteiger charge is -2.17. The van der Waals surface area contributed by atoms with E-state index in [1.807, 2.05) is 29.0 Å². The molecule has 1 saturated heterocycles. The standard InChI is InChI=1S/C26H32N4O6SSi/c1-18(31)35-22-14-24(36-23(22)16-34-37(27,32)33)30-15-20(12-13-38(2,3)4)25-21(28-17-29-26(25)30)11-10-19-8-6-5-7-9-19/h5-9,15,17,22-24H,10-11,14,16H2,1-4H3,(H2,27,32,33)/t22-,23+,24+/m0/s1. The van der Waals surface area contributed by atoms with Crippen LogP contribution in [0.5, 0.6) is 0 Å². The van der Waals surface area contributed by atoms with Crippen molar-refractivity contribution in [3.63, 3.8) is 0 Å². The van der Waals surface area contributed by atoms with E-state index in [1.165, 1.54) is 18.8 Å². The average Bonchev–Trinajstić information content (AvgIpc) is 3.41. The first kappa shape index (κ1) is 27.9. The van der Waals surface area contributed by atoms with Gasteiger partial charge in [-0.3, -0.25) is 8.98 Å². The number of nitrogens with zero attached hydrogens (tertiary/aromatic N) is 3. The van der Waals surface area contributed by atoms with Gasteiger partial charge in [-0.2, -0.15) is 8.42 Å². The lowest BCUT2D eigenvalue weighted by atomic mass is 10.1. The molecule has 0 spiro atoms. The maximum atomic E-state index is 11.7. The zero-order chi connectivity index (χ0) is 27.5. The van der Waals surface area contributed by atoms with Crippen molar-refractivity contribution in [2.45, 2.75) is 64.3 Å². The van der Waals surface area contributed by atoms with Crippen LogP contribution in [0, 0.1) is 11.5 Å². The van der Waals surface area contributed by atoms with E-state index in [1.54, 1.807) is 0 Å². The molecule has 4 rings (SSSR count). The highest BCUT2D eigenvalue weighted by Gasteiger charge is 2.40. The summed E-state index contributed by atoms with van der Waals surface area (Å²) in [6, 6.07) is 10.2. The highest BCUT2D eigenvalue weighted by Crippen LogP contribution is 2.35. The molecule has 1 aliphatic rings. The summed E-state index contributed by atoms with van der Waals surface area (Å²) in [5.74, 6) is 2.85. The summed E-state index contributed by atoms with van der Waals surface area (Å²) >= 11 is 0. The zero-order valence-corrected chi connectivity index (χ0v) is 23.7. The molecule has 2 N–H and O–H groups in total. The van der Waals surface area contributed by atoms with Crippen molar-refractivity contribution in [3.8, 4) is 11.5 Å². The van der Waals surface area contributed by atoms with Crippen LogP contribution in [-0.2, 0) is 41.6 Å². The number of hydrogen-bond donors (Lipinski definition) is 1. The van der Waals surface area contributed by atoms with Crippen LogP contribution in [-0.4, -0.2) is 55.8 Å². The van der Waals surface area contributed by atoms with Gasteiger partial charge in [0.15, 0.2) is 0 Å². The molecule has 202 valence electrons. The Morgan fingerprint density at radius 3 is 2.61 bits per heavy atom. The number of fused-ring (bicyclic) bond motifs is 1. The lowest BCUT2D eigenvalue weighted by molar-refractivity contribution is -0.150. The molecule has 3 aromatic rings. The monoisotopic (exact) mass is 556 g/mol. The number of aromatic nitrogens is 3. The fourth-order valence-electron chi connectivity index (χ4n) is 4.33. The van der Waals surface area contributed by atoms with Crippen LogP contribution in [0.2, 0.25) is 19.6 Å². The largest absolute Gasteiger partial charge is 0.460 e. The molecule has 3 atom stereocenters. The summed E-state index contributed by atoms with van der Waals surface area (Å²) < 4.78 is 40.9. The quantitative estimate of drug-likeness (QED) is 0.254. The maximum Gasteiger partial charge on any atom is 0.333 e. The van der Waals surface area contributed by atoms with Crippen molar-refractivity contribution in [1.29, 1.82) is 0 Å². The van der Waals surface area contributed by atoms with Crippen molar-refractivity contribution in [1.82, 2.24) is 14.5 Å². The highest BCUT2D eigenvalue weighted by atomic mass is 32.2. The number of aryl methyl sites for hydroxylation is 2. The smallest absolute Gasteiger partial charge is 0.333 e. The highest BCUT2D eigenvalue weighted by molar-refractivity contribution is 7.84. The second kappa shape index (κ2) is 11.3. The van der Waals surface area contributed by atoms with Crippen molar-refractivity contribution in [2.24, 2.45) is 5.14 Å². The second-order valence-corrected chi connectivity index (χ2v) is 16.2. The van der Waals surface area contributed by atoms with Gasteiger partial charge in [0.25, 0.3) is 0 Å². The van der Waals surface area contributed by atoms with Gasteiger partial charge in [0, 0.05) is 19.5 Å². The number of rotatable bonds is 8. The van der Waals surface area contributed by atoms with E-state index in [9.17, 15) is 13.2 Å². The van der Waals surface area contributed by atoms with E-state index in [-0.39, 0.29) is 13.0 Å². The number of hydrogen-bond acceptors (Lipinski definition) is 8. The Labute approximate surface area is 223 Å². The summed E-state index contributed by atoms with van der Waals surface area (Å²) in [5.41, 5.74) is 6.94. The summed E-state index contributed by atoms with van der Waals surface area (Å²) in [7, 11) is -5.89.